The Kier molecular flexibility index (Phi) is 5.92. The molecule has 0 spiro atoms. The molecule has 3 heterocycles. The molecule has 2 atom stereocenters. The molecule has 2 aromatic carbocycles. The third-order valence-corrected chi connectivity index (χ3v) is 6.99. The number of aromatic nitrogens is 2. The van der Waals surface area contributed by atoms with Gasteiger partial charge in [0.15, 0.2) is 5.11 Å². The first-order valence-corrected chi connectivity index (χ1v) is 12.2. The molecule has 6 heteroatoms. The Morgan fingerprint density at radius 3 is 2.32 bits per heavy atom. The maximum absolute atomic E-state index is 6.33. The Bertz CT molecular complexity index is 1360. The molecule has 1 aliphatic heterocycles. The average Bonchev–Trinajstić information content (AvgIpc) is 3.29. The van der Waals surface area contributed by atoms with Gasteiger partial charge in [0.25, 0.3) is 0 Å². The van der Waals surface area contributed by atoms with Crippen LogP contribution in [0.25, 0.3) is 5.69 Å². The van der Waals surface area contributed by atoms with E-state index in [4.69, 9.17) is 23.8 Å². The quantitative estimate of drug-likeness (QED) is 0.317. The summed E-state index contributed by atoms with van der Waals surface area (Å²) < 4.78 is 2.26. The number of rotatable bonds is 4. The van der Waals surface area contributed by atoms with Crippen molar-refractivity contribution in [1.82, 2.24) is 14.9 Å². The molecule has 0 aliphatic carbocycles. The lowest BCUT2D eigenvalue weighted by Gasteiger charge is -2.29. The molecule has 1 aliphatic rings. The van der Waals surface area contributed by atoms with Crippen molar-refractivity contribution in [2.75, 3.05) is 4.90 Å². The molecular formula is C28H27ClN4S. The molecule has 4 aromatic rings. The van der Waals surface area contributed by atoms with Gasteiger partial charge in [0.2, 0.25) is 0 Å². The van der Waals surface area contributed by atoms with Crippen molar-refractivity contribution in [3.05, 3.63) is 112 Å². The minimum absolute atomic E-state index is 0.0530. The highest BCUT2D eigenvalue weighted by Crippen LogP contribution is 2.44. The van der Waals surface area contributed by atoms with Crippen LogP contribution in [0, 0.1) is 27.7 Å². The molecule has 34 heavy (non-hydrogen) atoms. The van der Waals surface area contributed by atoms with E-state index in [9.17, 15) is 0 Å². The van der Waals surface area contributed by atoms with Gasteiger partial charge in [0, 0.05) is 34.0 Å². The van der Waals surface area contributed by atoms with Gasteiger partial charge in [0.05, 0.1) is 17.8 Å². The number of hydrogen-bond acceptors (Lipinski definition) is 2. The number of aryl methyl sites for hydroxylation is 3. The van der Waals surface area contributed by atoms with E-state index in [0.29, 0.717) is 5.11 Å². The molecule has 4 nitrogen and oxygen atoms in total. The molecule has 2 unspecified atom stereocenters. The lowest BCUT2D eigenvalue weighted by atomic mass is 9.96. The summed E-state index contributed by atoms with van der Waals surface area (Å²) >= 11 is 12.3. The highest BCUT2D eigenvalue weighted by Gasteiger charge is 2.42. The second-order valence-corrected chi connectivity index (χ2v) is 9.81. The second-order valence-electron chi connectivity index (χ2n) is 8.98. The third-order valence-electron chi connectivity index (χ3n) is 6.44. The minimum atomic E-state index is -0.0807. The van der Waals surface area contributed by atoms with Crippen LogP contribution in [0.2, 0.25) is 5.02 Å². The summed E-state index contributed by atoms with van der Waals surface area (Å²) in [7, 11) is 0. The van der Waals surface area contributed by atoms with Crippen LogP contribution in [0.15, 0.2) is 72.9 Å². The van der Waals surface area contributed by atoms with Gasteiger partial charge in [0.1, 0.15) is 0 Å². The molecule has 1 saturated heterocycles. The maximum atomic E-state index is 6.33. The Morgan fingerprint density at radius 2 is 1.65 bits per heavy atom. The lowest BCUT2D eigenvalue weighted by Crippen LogP contribution is -2.29. The zero-order valence-electron chi connectivity index (χ0n) is 19.7. The van der Waals surface area contributed by atoms with Gasteiger partial charge < -0.3 is 14.8 Å². The normalized spacial score (nSPS) is 17.8. The number of halogens is 1. The van der Waals surface area contributed by atoms with Crippen LogP contribution < -0.4 is 10.2 Å². The van der Waals surface area contributed by atoms with Gasteiger partial charge >= 0.3 is 0 Å². The second kappa shape index (κ2) is 8.90. The van der Waals surface area contributed by atoms with E-state index in [2.05, 4.69) is 83.9 Å². The summed E-state index contributed by atoms with van der Waals surface area (Å²) in [4.78, 5) is 6.94. The fourth-order valence-electron chi connectivity index (χ4n) is 5.14. The summed E-state index contributed by atoms with van der Waals surface area (Å²) in [6.07, 6.45) is 1.84. The monoisotopic (exact) mass is 486 g/mol. The van der Waals surface area contributed by atoms with Crippen LogP contribution in [0.4, 0.5) is 5.69 Å². The zero-order chi connectivity index (χ0) is 24.0. The average molecular weight is 487 g/mol. The smallest absolute Gasteiger partial charge is 0.174 e. The summed E-state index contributed by atoms with van der Waals surface area (Å²) in [6.45, 7) is 8.55. The molecule has 5 rings (SSSR count). The number of nitrogens with one attached hydrogen (secondary N) is 1. The van der Waals surface area contributed by atoms with E-state index in [0.717, 1.165) is 33.5 Å². The predicted octanol–water partition coefficient (Wildman–Crippen LogP) is 6.94. The fraction of sp³-hybridized carbons (Fsp3) is 0.214. The first kappa shape index (κ1) is 22.6. The minimum Gasteiger partial charge on any atom is -0.351 e. The summed E-state index contributed by atoms with van der Waals surface area (Å²) in [6, 6.07) is 22.7. The number of benzene rings is 2. The Labute approximate surface area is 211 Å². The highest BCUT2D eigenvalue weighted by molar-refractivity contribution is 7.80. The Morgan fingerprint density at radius 1 is 0.882 bits per heavy atom. The first-order chi connectivity index (χ1) is 16.3. The van der Waals surface area contributed by atoms with Crippen molar-refractivity contribution in [2.24, 2.45) is 0 Å². The zero-order valence-corrected chi connectivity index (χ0v) is 21.3. The molecule has 0 radical (unpaired) electrons. The van der Waals surface area contributed by atoms with Crippen LogP contribution in [0.1, 0.15) is 45.9 Å². The lowest BCUT2D eigenvalue weighted by molar-refractivity contribution is 0.565. The number of anilines is 1. The molecule has 2 aromatic heterocycles. The standard InChI is InChI=1S/C28H27ClN4S/c1-17-12-18(2)14-23(13-17)33-27(26(31-28(33)34)25-10-5-6-11-30-25)24-15-19(3)32(20(24)4)22-9-7-8-21(29)16-22/h5-16,26-27H,1-4H3,(H,31,34). The van der Waals surface area contributed by atoms with Crippen molar-refractivity contribution in [3.63, 3.8) is 0 Å². The number of hydrogen-bond donors (Lipinski definition) is 1. The van der Waals surface area contributed by atoms with Crippen molar-refractivity contribution >= 4 is 34.6 Å². The van der Waals surface area contributed by atoms with Crippen molar-refractivity contribution in [3.8, 4) is 5.69 Å². The van der Waals surface area contributed by atoms with E-state index in [1.165, 1.54) is 16.7 Å². The number of thiocarbonyl (C=S) groups is 1. The third kappa shape index (κ3) is 3.99. The van der Waals surface area contributed by atoms with Crippen LogP contribution in [0.5, 0.6) is 0 Å². The first-order valence-electron chi connectivity index (χ1n) is 11.4. The molecule has 1 N–H and O–H groups in total. The van der Waals surface area contributed by atoms with Gasteiger partial charge in [-0.15, -0.1) is 0 Å². The van der Waals surface area contributed by atoms with Gasteiger partial charge in [-0.25, -0.2) is 0 Å². The molecular weight excluding hydrogens is 460 g/mol. The molecule has 0 saturated carbocycles. The predicted molar refractivity (Wildman–Crippen MR) is 144 cm³/mol. The topological polar surface area (TPSA) is 33.1 Å². The Balaban J connectivity index is 1.70. The van der Waals surface area contributed by atoms with Crippen molar-refractivity contribution in [2.45, 2.75) is 39.8 Å². The van der Waals surface area contributed by atoms with E-state index in [1.807, 2.05) is 36.5 Å². The van der Waals surface area contributed by atoms with E-state index >= 15 is 0 Å². The summed E-state index contributed by atoms with van der Waals surface area (Å²) in [5.74, 6) is 0. The van der Waals surface area contributed by atoms with Gasteiger partial charge in [-0.3, -0.25) is 4.98 Å². The van der Waals surface area contributed by atoms with Gasteiger partial charge in [-0.2, -0.15) is 0 Å². The number of pyridine rings is 1. The van der Waals surface area contributed by atoms with Crippen LogP contribution >= 0.6 is 23.8 Å². The van der Waals surface area contributed by atoms with Gasteiger partial charge in [-0.05, 0) is 105 Å². The van der Waals surface area contributed by atoms with Gasteiger partial charge in [-0.1, -0.05) is 29.8 Å². The van der Waals surface area contributed by atoms with Crippen molar-refractivity contribution in [1.29, 1.82) is 0 Å². The summed E-state index contributed by atoms with van der Waals surface area (Å²) in [5.41, 5.74) is 9.04. The summed E-state index contributed by atoms with van der Waals surface area (Å²) in [5, 5.41) is 5.00. The highest BCUT2D eigenvalue weighted by atomic mass is 35.5. The van der Waals surface area contributed by atoms with E-state index in [-0.39, 0.29) is 12.1 Å². The number of nitrogens with zero attached hydrogens (tertiary/aromatic N) is 3. The fourth-order valence-corrected chi connectivity index (χ4v) is 5.67. The largest absolute Gasteiger partial charge is 0.351 e. The van der Waals surface area contributed by atoms with E-state index in [1.54, 1.807) is 0 Å². The molecule has 172 valence electrons. The van der Waals surface area contributed by atoms with Crippen LogP contribution in [-0.4, -0.2) is 14.7 Å². The van der Waals surface area contributed by atoms with Crippen LogP contribution in [-0.2, 0) is 0 Å². The van der Waals surface area contributed by atoms with Crippen LogP contribution in [0.3, 0.4) is 0 Å². The molecule has 1 fully saturated rings. The maximum Gasteiger partial charge on any atom is 0.174 e. The molecule has 0 bridgehead atoms. The SMILES string of the molecule is Cc1cc(C)cc(N2C(=S)NC(c3ccccn3)C2c2cc(C)n(-c3cccc(Cl)c3)c2C)c1. The van der Waals surface area contributed by atoms with E-state index < -0.39 is 0 Å². The Hall–Kier alpha value is -3.15. The van der Waals surface area contributed by atoms with Crippen molar-refractivity contribution < 1.29 is 0 Å². The molecule has 0 amide bonds.